The van der Waals surface area contributed by atoms with Crippen LogP contribution in [-0.4, -0.2) is 38.4 Å². The van der Waals surface area contributed by atoms with Crippen molar-refractivity contribution in [3.05, 3.63) is 42.5 Å². The van der Waals surface area contributed by atoms with Crippen molar-refractivity contribution in [1.82, 2.24) is 15.0 Å². The number of hydrogen-bond acceptors (Lipinski definition) is 5. The number of rotatable bonds is 8. The third-order valence-electron chi connectivity index (χ3n) is 4.42. The van der Waals surface area contributed by atoms with Gasteiger partial charge in [0.05, 0.1) is 0 Å². The minimum Gasteiger partial charge on any atom is -0.506 e. The van der Waals surface area contributed by atoms with Crippen LogP contribution >= 0.6 is 0 Å². The monoisotopic (exact) mass is 340 g/mol. The average Bonchev–Trinajstić information content (AvgIpc) is 3.05. The zero-order valence-electron chi connectivity index (χ0n) is 14.4. The Hall–Kier alpha value is -2.60. The SMILES string of the molecule is CCC(CCCO)CNc1ccc(-n2nc3ccccc3n2)c(O)c1. The first-order valence-corrected chi connectivity index (χ1v) is 8.71. The molecule has 0 bridgehead atoms. The number of phenols is 1. The molecule has 132 valence electrons. The van der Waals surface area contributed by atoms with Crippen molar-refractivity contribution in [2.45, 2.75) is 26.2 Å². The number of phenolic OH excluding ortho intramolecular Hbond substituents is 1. The molecule has 0 aliphatic heterocycles. The fourth-order valence-corrected chi connectivity index (χ4v) is 2.86. The Morgan fingerprint density at radius 3 is 2.44 bits per heavy atom. The van der Waals surface area contributed by atoms with Gasteiger partial charge in [0, 0.05) is 24.9 Å². The largest absolute Gasteiger partial charge is 0.506 e. The molecule has 3 aromatic rings. The molecular weight excluding hydrogens is 316 g/mol. The predicted octanol–water partition coefficient (Wildman–Crippen LogP) is 3.34. The smallest absolute Gasteiger partial charge is 0.145 e. The molecule has 2 aromatic carbocycles. The lowest BCUT2D eigenvalue weighted by atomic mass is 10.0. The Morgan fingerprint density at radius 1 is 1.12 bits per heavy atom. The van der Waals surface area contributed by atoms with Crippen LogP contribution < -0.4 is 5.32 Å². The van der Waals surface area contributed by atoms with E-state index in [1.165, 1.54) is 4.80 Å². The third-order valence-corrected chi connectivity index (χ3v) is 4.42. The normalized spacial score (nSPS) is 12.4. The number of hydrogen-bond donors (Lipinski definition) is 3. The zero-order chi connectivity index (χ0) is 17.6. The second-order valence-electron chi connectivity index (χ2n) is 6.20. The van der Waals surface area contributed by atoms with Crippen molar-refractivity contribution in [1.29, 1.82) is 0 Å². The van der Waals surface area contributed by atoms with Gasteiger partial charge in [-0.1, -0.05) is 25.5 Å². The summed E-state index contributed by atoms with van der Waals surface area (Å²) < 4.78 is 0. The molecule has 6 heteroatoms. The molecular formula is C19H24N4O2. The number of benzene rings is 2. The van der Waals surface area contributed by atoms with E-state index in [-0.39, 0.29) is 12.4 Å². The molecule has 0 saturated carbocycles. The van der Waals surface area contributed by atoms with Gasteiger partial charge in [-0.05, 0) is 43.0 Å². The van der Waals surface area contributed by atoms with Gasteiger partial charge in [0.1, 0.15) is 22.5 Å². The van der Waals surface area contributed by atoms with Crippen LogP contribution in [0.25, 0.3) is 16.7 Å². The molecule has 6 nitrogen and oxygen atoms in total. The molecule has 1 aromatic heterocycles. The summed E-state index contributed by atoms with van der Waals surface area (Å²) in [5, 5.41) is 31.5. The van der Waals surface area contributed by atoms with Gasteiger partial charge in [0.25, 0.3) is 0 Å². The molecule has 3 N–H and O–H groups in total. The van der Waals surface area contributed by atoms with Crippen LogP contribution in [0.15, 0.2) is 42.5 Å². The molecule has 0 fully saturated rings. The molecule has 1 atom stereocenters. The molecule has 0 aliphatic carbocycles. The van der Waals surface area contributed by atoms with E-state index in [1.54, 1.807) is 6.07 Å². The van der Waals surface area contributed by atoms with E-state index in [2.05, 4.69) is 22.4 Å². The maximum absolute atomic E-state index is 10.4. The Labute approximate surface area is 147 Å². The van der Waals surface area contributed by atoms with Crippen LogP contribution in [0.4, 0.5) is 5.69 Å². The predicted molar refractivity (Wildman–Crippen MR) is 99.1 cm³/mol. The summed E-state index contributed by atoms with van der Waals surface area (Å²) in [5.41, 5.74) is 2.99. The number of aromatic hydroxyl groups is 1. The Kier molecular flexibility index (Phi) is 5.50. The maximum Gasteiger partial charge on any atom is 0.145 e. The van der Waals surface area contributed by atoms with E-state index in [4.69, 9.17) is 5.11 Å². The van der Waals surface area contributed by atoms with Gasteiger partial charge in [-0.2, -0.15) is 0 Å². The lowest BCUT2D eigenvalue weighted by molar-refractivity contribution is 0.271. The lowest BCUT2D eigenvalue weighted by Gasteiger charge is -2.16. The minimum atomic E-state index is 0.133. The first-order chi connectivity index (χ1) is 12.2. The average molecular weight is 340 g/mol. The molecule has 0 radical (unpaired) electrons. The first-order valence-electron chi connectivity index (χ1n) is 8.71. The second-order valence-corrected chi connectivity index (χ2v) is 6.20. The number of aliphatic hydroxyl groups is 1. The molecule has 25 heavy (non-hydrogen) atoms. The molecule has 0 spiro atoms. The standard InChI is InChI=1S/C19H24N4O2/c1-2-14(6-5-11-24)13-20-15-9-10-18(19(25)12-15)23-21-16-7-3-4-8-17(16)22-23/h3-4,7-10,12,14,20,24-25H,2,5-6,11,13H2,1H3. The van der Waals surface area contributed by atoms with Gasteiger partial charge < -0.3 is 15.5 Å². The van der Waals surface area contributed by atoms with E-state index in [9.17, 15) is 5.11 Å². The molecule has 0 saturated heterocycles. The van der Waals surface area contributed by atoms with Crippen LogP contribution in [0.1, 0.15) is 26.2 Å². The second kappa shape index (κ2) is 7.98. The van der Waals surface area contributed by atoms with Gasteiger partial charge >= 0.3 is 0 Å². The summed E-state index contributed by atoms with van der Waals surface area (Å²) in [6, 6.07) is 13.0. The fourth-order valence-electron chi connectivity index (χ4n) is 2.86. The summed E-state index contributed by atoms with van der Waals surface area (Å²) in [7, 11) is 0. The van der Waals surface area contributed by atoms with Crippen LogP contribution in [0.2, 0.25) is 0 Å². The van der Waals surface area contributed by atoms with Gasteiger partial charge in [-0.3, -0.25) is 0 Å². The third kappa shape index (κ3) is 4.09. The van der Waals surface area contributed by atoms with Crippen molar-refractivity contribution in [2.75, 3.05) is 18.5 Å². The molecule has 1 heterocycles. The number of aliphatic hydroxyl groups excluding tert-OH is 1. The number of nitrogens with zero attached hydrogens (tertiary/aromatic N) is 3. The number of aromatic nitrogens is 3. The van der Waals surface area contributed by atoms with E-state index in [0.29, 0.717) is 11.6 Å². The van der Waals surface area contributed by atoms with Crippen molar-refractivity contribution in [3.63, 3.8) is 0 Å². The molecule has 1 unspecified atom stereocenters. The van der Waals surface area contributed by atoms with E-state index in [1.807, 2.05) is 36.4 Å². The first kappa shape index (κ1) is 17.2. The summed E-state index contributed by atoms with van der Waals surface area (Å²) >= 11 is 0. The van der Waals surface area contributed by atoms with Gasteiger partial charge in [-0.15, -0.1) is 15.0 Å². The van der Waals surface area contributed by atoms with E-state index in [0.717, 1.165) is 42.5 Å². The van der Waals surface area contributed by atoms with Crippen LogP contribution in [0.5, 0.6) is 5.75 Å². The summed E-state index contributed by atoms with van der Waals surface area (Å²) in [6.45, 7) is 3.20. The maximum atomic E-state index is 10.4. The quantitative estimate of drug-likeness (QED) is 0.586. The van der Waals surface area contributed by atoms with E-state index >= 15 is 0 Å². The van der Waals surface area contributed by atoms with Crippen molar-refractivity contribution in [2.24, 2.45) is 5.92 Å². The Balaban J connectivity index is 1.72. The van der Waals surface area contributed by atoms with Crippen LogP contribution in [0, 0.1) is 5.92 Å². The number of fused-ring (bicyclic) bond motifs is 1. The zero-order valence-corrected chi connectivity index (χ0v) is 14.4. The van der Waals surface area contributed by atoms with Crippen molar-refractivity contribution < 1.29 is 10.2 Å². The van der Waals surface area contributed by atoms with E-state index < -0.39 is 0 Å². The summed E-state index contributed by atoms with van der Waals surface area (Å²) in [4.78, 5) is 1.46. The highest BCUT2D eigenvalue weighted by molar-refractivity contribution is 5.73. The topological polar surface area (TPSA) is 83.2 Å². The van der Waals surface area contributed by atoms with Gasteiger partial charge in [0.15, 0.2) is 0 Å². The summed E-state index contributed by atoms with van der Waals surface area (Å²) in [6.07, 6.45) is 2.87. The molecule has 0 amide bonds. The highest BCUT2D eigenvalue weighted by Crippen LogP contribution is 2.26. The van der Waals surface area contributed by atoms with Gasteiger partial charge in [0.2, 0.25) is 0 Å². The minimum absolute atomic E-state index is 0.133. The lowest BCUT2D eigenvalue weighted by Crippen LogP contribution is -2.14. The molecule has 3 rings (SSSR count). The Morgan fingerprint density at radius 2 is 1.84 bits per heavy atom. The van der Waals surface area contributed by atoms with Crippen LogP contribution in [-0.2, 0) is 0 Å². The van der Waals surface area contributed by atoms with Gasteiger partial charge in [-0.25, -0.2) is 0 Å². The van der Waals surface area contributed by atoms with Crippen molar-refractivity contribution >= 4 is 16.7 Å². The number of anilines is 1. The fraction of sp³-hybridized carbons (Fsp3) is 0.368. The number of nitrogens with one attached hydrogen (secondary N) is 1. The van der Waals surface area contributed by atoms with Crippen LogP contribution in [0.3, 0.4) is 0 Å². The van der Waals surface area contributed by atoms with Crippen molar-refractivity contribution in [3.8, 4) is 11.4 Å². The molecule has 0 aliphatic rings. The highest BCUT2D eigenvalue weighted by atomic mass is 16.3. The Bertz CT molecular complexity index is 798. The summed E-state index contributed by atoms with van der Waals surface area (Å²) in [5.74, 6) is 0.640. The highest BCUT2D eigenvalue weighted by Gasteiger charge is 2.10.